The molecule has 2 spiro atoms. The van der Waals surface area contributed by atoms with Crippen molar-refractivity contribution in [1.82, 2.24) is 0 Å². The second-order valence-corrected chi connectivity index (χ2v) is 25.1. The van der Waals surface area contributed by atoms with Crippen LogP contribution >= 0.6 is 47.0 Å². The number of allylic oxidation sites excluding steroid dienone is 4. The van der Waals surface area contributed by atoms with Crippen LogP contribution in [0.15, 0.2) is 47.6 Å². The van der Waals surface area contributed by atoms with Crippen LogP contribution in [0.2, 0.25) is 0 Å². The Morgan fingerprint density at radius 2 is 1.26 bits per heavy atom. The van der Waals surface area contributed by atoms with Gasteiger partial charge in [-0.2, -0.15) is 0 Å². The van der Waals surface area contributed by atoms with Crippen molar-refractivity contribution in [3.63, 3.8) is 0 Å². The maximum absolute atomic E-state index is 12.8. The van der Waals surface area contributed by atoms with Gasteiger partial charge in [0, 0.05) is 40.3 Å². The lowest BCUT2D eigenvalue weighted by Gasteiger charge is -2.57. The van der Waals surface area contributed by atoms with Gasteiger partial charge in [-0.25, -0.2) is 0 Å². The van der Waals surface area contributed by atoms with Gasteiger partial charge in [-0.05, 0) is 151 Å². The zero-order valence-electron chi connectivity index (χ0n) is 32.8. The molecule has 1 N–H and O–H groups in total. The van der Waals surface area contributed by atoms with Crippen LogP contribution in [0.4, 0.5) is 0 Å². The molecule has 288 valence electrons. The summed E-state index contributed by atoms with van der Waals surface area (Å²) >= 11 is 8.76. The highest BCUT2D eigenvalue weighted by Gasteiger charge is 2.65. The highest BCUT2D eigenvalue weighted by molar-refractivity contribution is 8.22. The van der Waals surface area contributed by atoms with Crippen LogP contribution in [0.3, 0.4) is 0 Å². The fourth-order valence-electron chi connectivity index (χ4n) is 15.1. The largest absolute Gasteiger partial charge is 0.377 e. The number of Topliss-reactive ketones (excluding diaryl/α,β-unsaturated/α-hetero) is 1. The third-order valence-electron chi connectivity index (χ3n) is 17.2. The first-order valence-electron chi connectivity index (χ1n) is 21.6. The second kappa shape index (κ2) is 14.1. The van der Waals surface area contributed by atoms with E-state index in [1.54, 1.807) is 11.1 Å². The summed E-state index contributed by atoms with van der Waals surface area (Å²) in [5.74, 6) is 17.6. The highest BCUT2D eigenvalue weighted by Crippen LogP contribution is 2.69. The van der Waals surface area contributed by atoms with E-state index in [0.29, 0.717) is 43.5 Å². The van der Waals surface area contributed by atoms with Gasteiger partial charge in [-0.1, -0.05) is 67.4 Å². The highest BCUT2D eigenvalue weighted by atomic mass is 32.2. The smallest absolute Gasteiger partial charge is 0.139 e. The molecule has 6 saturated carbocycles. The van der Waals surface area contributed by atoms with Gasteiger partial charge in [-0.15, -0.1) is 53.0 Å². The zero-order chi connectivity index (χ0) is 36.8. The fourth-order valence-corrected chi connectivity index (χ4v) is 21.5. The Bertz CT molecular complexity index is 1650. The minimum atomic E-state index is -0.807. The third-order valence-corrected chi connectivity index (χ3v) is 24.0. The summed E-state index contributed by atoms with van der Waals surface area (Å²) in [5, 5.41) is 11.6. The molecule has 0 amide bonds. The molecule has 53 heavy (non-hydrogen) atoms. The van der Waals surface area contributed by atoms with Gasteiger partial charge in [-0.3, -0.25) is 4.79 Å². The van der Waals surface area contributed by atoms with Gasteiger partial charge < -0.3 is 5.11 Å². The maximum atomic E-state index is 12.8. The normalized spacial score (nSPS) is 45.7. The van der Waals surface area contributed by atoms with Gasteiger partial charge >= 0.3 is 0 Å². The van der Waals surface area contributed by atoms with E-state index in [9.17, 15) is 9.90 Å². The molecule has 8 unspecified atom stereocenters. The van der Waals surface area contributed by atoms with Gasteiger partial charge in [0.25, 0.3) is 0 Å². The lowest BCUT2D eigenvalue weighted by Crippen LogP contribution is -2.54. The summed E-state index contributed by atoms with van der Waals surface area (Å²) in [6, 6.07) is 0. The van der Waals surface area contributed by atoms with Gasteiger partial charge in [0.2, 0.25) is 0 Å². The summed E-state index contributed by atoms with van der Waals surface area (Å²) in [7, 11) is 0. The number of carbonyl (C=O) groups excluding carboxylic acids is 1. The van der Waals surface area contributed by atoms with E-state index in [1.807, 2.05) is 6.92 Å². The number of hydrogen-bond donors (Lipinski definition) is 1. The van der Waals surface area contributed by atoms with Crippen molar-refractivity contribution in [3.8, 4) is 11.8 Å². The number of ketones is 1. The predicted octanol–water partition coefficient (Wildman–Crippen LogP) is 11.9. The molecule has 10 aliphatic rings. The summed E-state index contributed by atoms with van der Waals surface area (Å²) in [6.07, 6.45) is 23.9. The Balaban J connectivity index is 0.000000141. The summed E-state index contributed by atoms with van der Waals surface area (Å²) in [6.45, 7) is 15.6. The molecule has 0 aromatic carbocycles. The lowest BCUT2D eigenvalue weighted by molar-refractivity contribution is -0.130. The van der Waals surface area contributed by atoms with Crippen molar-refractivity contribution in [2.75, 3.05) is 23.0 Å². The van der Waals surface area contributed by atoms with E-state index in [4.69, 9.17) is 0 Å². The molecule has 0 bridgehead atoms. The molecule has 11 atom stereocenters. The standard InChI is InChI=1S/C25H34OS2.C22H30OS2/c1-4-10-24(26)11-9-21-20-7-6-18-16-25(27-13-14-28-25)12-8-19(18)22(20)17(3)15-23(21,24)5-2;1-3-21-12-14(2)20-16-8-9-22(24-10-11-25-22)13-15(16)4-5-17(20)18(21)6-7-19(21)23/h16,19-22,26H,3,5-9,11-15H2,1-2H3;13,16-18,20H,2-12H2,1H3/t19?,20?,21?,22?,23-,24-;16?,17?,18?,20?,21-/m00/s1. The predicted molar refractivity (Wildman–Crippen MR) is 231 cm³/mol. The third kappa shape index (κ3) is 5.81. The molecule has 6 heteroatoms. The SMILES string of the molecule is C=C1C[C@@]2(CC)C(CC[C@@]2(O)C#CC)C2CCC3=CC4(CCC3C12)SCCS4.C=C1C[C@]2(CC)C(=O)CCC2C2CCC3=CC4(CCC3C12)SCCS4. The van der Waals surface area contributed by atoms with Crippen molar-refractivity contribution in [2.45, 2.75) is 137 Å². The van der Waals surface area contributed by atoms with E-state index in [0.717, 1.165) is 69.1 Å². The molecule has 8 fully saturated rings. The number of hydrogen-bond acceptors (Lipinski definition) is 6. The Hall–Kier alpha value is -0.450. The summed E-state index contributed by atoms with van der Waals surface area (Å²) in [4.78, 5) is 12.8. The van der Waals surface area contributed by atoms with Crippen LogP contribution in [0.25, 0.3) is 0 Å². The lowest BCUT2D eigenvalue weighted by atomic mass is 9.48. The minimum absolute atomic E-state index is 0.0352. The first kappa shape index (κ1) is 38.1. The molecule has 2 aliphatic heterocycles. The number of rotatable bonds is 2. The van der Waals surface area contributed by atoms with E-state index in [2.05, 4.69) is 98.0 Å². The molecule has 10 rings (SSSR count). The molecule has 2 saturated heterocycles. The molecule has 0 aromatic rings. The second-order valence-electron chi connectivity index (χ2n) is 18.8. The molecular weight excluding hydrogens is 725 g/mol. The van der Waals surface area contributed by atoms with Gasteiger partial charge in [0.1, 0.15) is 11.4 Å². The van der Waals surface area contributed by atoms with Gasteiger partial charge in [0.05, 0.1) is 8.16 Å². The topological polar surface area (TPSA) is 37.3 Å². The molecule has 8 aliphatic carbocycles. The Morgan fingerprint density at radius 3 is 1.79 bits per heavy atom. The van der Waals surface area contributed by atoms with E-state index >= 15 is 0 Å². The Morgan fingerprint density at radius 1 is 0.717 bits per heavy atom. The number of thioether (sulfide) groups is 4. The average Bonchev–Trinajstić information content (AvgIpc) is 3.95. The van der Waals surface area contributed by atoms with Crippen LogP contribution < -0.4 is 0 Å². The summed E-state index contributed by atoms with van der Waals surface area (Å²) in [5.41, 5.74) is 5.45. The molecule has 0 aromatic heterocycles. The maximum Gasteiger partial charge on any atom is 0.139 e. The first-order valence-corrected chi connectivity index (χ1v) is 25.5. The monoisotopic (exact) mass is 788 g/mol. The van der Waals surface area contributed by atoms with Crippen LogP contribution in [0.5, 0.6) is 0 Å². The van der Waals surface area contributed by atoms with Crippen LogP contribution in [-0.4, -0.2) is 47.7 Å². The van der Waals surface area contributed by atoms with Crippen molar-refractivity contribution < 1.29 is 9.90 Å². The average molecular weight is 789 g/mol. The Labute approximate surface area is 338 Å². The number of fused-ring (bicyclic) bond motifs is 10. The van der Waals surface area contributed by atoms with E-state index < -0.39 is 5.60 Å². The van der Waals surface area contributed by atoms with Crippen molar-refractivity contribution >= 4 is 52.8 Å². The first-order chi connectivity index (χ1) is 25.6. The van der Waals surface area contributed by atoms with Gasteiger partial charge in [0.15, 0.2) is 0 Å². The zero-order valence-corrected chi connectivity index (χ0v) is 36.1. The molecule has 2 nitrogen and oxygen atoms in total. The van der Waals surface area contributed by atoms with Crippen LogP contribution in [-0.2, 0) is 4.79 Å². The summed E-state index contributed by atoms with van der Waals surface area (Å²) < 4.78 is 0.803. The van der Waals surface area contributed by atoms with Crippen molar-refractivity contribution in [2.24, 2.45) is 58.2 Å². The van der Waals surface area contributed by atoms with E-state index in [-0.39, 0.29) is 10.8 Å². The van der Waals surface area contributed by atoms with Crippen molar-refractivity contribution in [3.05, 3.63) is 47.6 Å². The van der Waals surface area contributed by atoms with Crippen molar-refractivity contribution in [1.29, 1.82) is 0 Å². The molecule has 0 radical (unpaired) electrons. The Kier molecular flexibility index (Phi) is 10.2. The molecular formula is C47H64O2S4. The number of carbonyl (C=O) groups is 1. The number of aliphatic hydroxyl groups is 1. The molecule has 2 heterocycles. The van der Waals surface area contributed by atoms with Crippen LogP contribution in [0, 0.1) is 70.0 Å². The fraction of sp³-hybridized carbons (Fsp3) is 0.766. The quantitative estimate of drug-likeness (QED) is 0.222. The van der Waals surface area contributed by atoms with Crippen LogP contribution in [0.1, 0.15) is 124 Å². The minimum Gasteiger partial charge on any atom is -0.377 e. The van der Waals surface area contributed by atoms with E-state index in [1.165, 1.54) is 85.5 Å².